The number of aliphatic carboxylic acids is 1. The molecule has 0 bridgehead atoms. The Hall–Kier alpha value is -0.240. The van der Waals surface area contributed by atoms with Crippen LogP contribution in [0.3, 0.4) is 0 Å². The van der Waals surface area contributed by atoms with Gasteiger partial charge in [-0.05, 0) is 18.8 Å². The van der Waals surface area contributed by atoms with Crippen molar-refractivity contribution < 1.29 is 9.90 Å². The Kier molecular flexibility index (Phi) is 6.98. The zero-order valence-corrected chi connectivity index (χ0v) is 9.68. The molecule has 0 aromatic carbocycles. The molecule has 1 atom stereocenters. The molecule has 14 heavy (non-hydrogen) atoms. The summed E-state index contributed by atoms with van der Waals surface area (Å²) in [5, 5.41) is 8.90. The van der Waals surface area contributed by atoms with Crippen LogP contribution in [0.2, 0.25) is 0 Å². The van der Waals surface area contributed by atoms with Gasteiger partial charge in [0.25, 0.3) is 0 Å². The van der Waals surface area contributed by atoms with Crippen LogP contribution in [0.4, 0.5) is 0 Å². The Morgan fingerprint density at radius 3 is 2.36 bits per heavy atom. The average molecular weight is 221 g/mol. The van der Waals surface area contributed by atoms with Crippen LogP contribution < -0.4 is 0 Å². The minimum absolute atomic E-state index is 0. The molecule has 1 N–H and O–H groups in total. The largest absolute Gasteiger partial charge is 0.481 e. The van der Waals surface area contributed by atoms with Crippen molar-refractivity contribution in [2.45, 2.75) is 51.9 Å². The van der Waals surface area contributed by atoms with Crippen molar-refractivity contribution in [3.8, 4) is 0 Å². The van der Waals surface area contributed by atoms with Crippen LogP contribution in [0.15, 0.2) is 0 Å². The number of hydrogen-bond donors (Lipinski definition) is 1. The lowest BCUT2D eigenvalue weighted by atomic mass is 9.82. The predicted octanol–water partition coefficient (Wildman–Crippen LogP) is 3.49. The van der Waals surface area contributed by atoms with Crippen molar-refractivity contribution in [2.75, 3.05) is 0 Å². The molecule has 0 saturated heterocycles. The molecular formula is C11H21ClO2. The smallest absolute Gasteiger partial charge is 0.306 e. The summed E-state index contributed by atoms with van der Waals surface area (Å²) >= 11 is 0. The van der Waals surface area contributed by atoms with E-state index in [0.717, 1.165) is 12.8 Å². The fourth-order valence-electron chi connectivity index (χ4n) is 2.27. The Morgan fingerprint density at radius 2 is 1.93 bits per heavy atom. The highest BCUT2D eigenvalue weighted by Crippen LogP contribution is 2.29. The van der Waals surface area contributed by atoms with E-state index >= 15 is 0 Å². The molecule has 0 aliphatic heterocycles. The van der Waals surface area contributed by atoms with Crippen LogP contribution in [-0.2, 0) is 4.79 Å². The van der Waals surface area contributed by atoms with Crippen LogP contribution in [0.5, 0.6) is 0 Å². The molecule has 84 valence electrons. The van der Waals surface area contributed by atoms with Crippen LogP contribution in [0.25, 0.3) is 0 Å². The van der Waals surface area contributed by atoms with E-state index < -0.39 is 5.97 Å². The van der Waals surface area contributed by atoms with Crippen molar-refractivity contribution in [1.82, 2.24) is 0 Å². The first-order valence-electron chi connectivity index (χ1n) is 5.46. The van der Waals surface area contributed by atoms with Gasteiger partial charge in [0.1, 0.15) is 0 Å². The van der Waals surface area contributed by atoms with Gasteiger partial charge in [0.2, 0.25) is 0 Å². The molecule has 0 amide bonds. The van der Waals surface area contributed by atoms with Crippen molar-refractivity contribution in [2.24, 2.45) is 11.8 Å². The van der Waals surface area contributed by atoms with Crippen LogP contribution in [0.1, 0.15) is 51.9 Å². The molecule has 1 aliphatic carbocycles. The van der Waals surface area contributed by atoms with Crippen LogP contribution >= 0.6 is 12.4 Å². The Morgan fingerprint density at radius 1 is 1.36 bits per heavy atom. The van der Waals surface area contributed by atoms with Crippen molar-refractivity contribution in [3.05, 3.63) is 0 Å². The summed E-state index contributed by atoms with van der Waals surface area (Å²) in [4.78, 5) is 10.8. The molecule has 1 aliphatic rings. The molecular weight excluding hydrogens is 200 g/mol. The molecule has 0 heterocycles. The Bertz CT molecular complexity index is 165. The third-order valence-corrected chi connectivity index (χ3v) is 3.18. The fraction of sp³-hybridized carbons (Fsp3) is 0.909. The van der Waals surface area contributed by atoms with Gasteiger partial charge in [0, 0.05) is 0 Å². The highest BCUT2D eigenvalue weighted by molar-refractivity contribution is 5.85. The molecule has 0 spiro atoms. The van der Waals surface area contributed by atoms with Gasteiger partial charge in [-0.3, -0.25) is 4.79 Å². The summed E-state index contributed by atoms with van der Waals surface area (Å²) < 4.78 is 0. The molecule has 1 unspecified atom stereocenters. The first kappa shape index (κ1) is 13.8. The van der Waals surface area contributed by atoms with E-state index in [4.69, 9.17) is 5.11 Å². The maximum absolute atomic E-state index is 10.8. The van der Waals surface area contributed by atoms with E-state index in [1.807, 2.05) is 6.92 Å². The molecule has 0 aromatic heterocycles. The van der Waals surface area contributed by atoms with Gasteiger partial charge in [-0.2, -0.15) is 0 Å². The summed E-state index contributed by atoms with van der Waals surface area (Å²) in [6.45, 7) is 1.97. The van der Waals surface area contributed by atoms with E-state index in [-0.39, 0.29) is 18.3 Å². The lowest BCUT2D eigenvalue weighted by Gasteiger charge is -2.23. The topological polar surface area (TPSA) is 37.3 Å². The van der Waals surface area contributed by atoms with Gasteiger partial charge >= 0.3 is 5.97 Å². The second kappa shape index (κ2) is 7.10. The van der Waals surface area contributed by atoms with Crippen molar-refractivity contribution in [1.29, 1.82) is 0 Å². The SMILES string of the molecule is CCC(CC1CCCCC1)C(=O)O.Cl. The van der Waals surface area contributed by atoms with Gasteiger partial charge in [-0.15, -0.1) is 12.4 Å². The Labute approximate surface area is 92.5 Å². The first-order chi connectivity index (χ1) is 6.24. The van der Waals surface area contributed by atoms with E-state index in [1.54, 1.807) is 0 Å². The number of halogens is 1. The second-order valence-electron chi connectivity index (χ2n) is 4.18. The van der Waals surface area contributed by atoms with Gasteiger partial charge in [-0.1, -0.05) is 39.0 Å². The van der Waals surface area contributed by atoms with E-state index in [1.165, 1.54) is 32.1 Å². The number of hydrogen-bond acceptors (Lipinski definition) is 1. The summed E-state index contributed by atoms with van der Waals surface area (Å²) in [6.07, 6.45) is 8.16. The van der Waals surface area contributed by atoms with E-state index in [2.05, 4.69) is 0 Å². The molecule has 3 heteroatoms. The molecule has 0 radical (unpaired) electrons. The molecule has 1 rings (SSSR count). The number of carboxylic acids is 1. The van der Waals surface area contributed by atoms with E-state index in [9.17, 15) is 4.79 Å². The molecule has 1 fully saturated rings. The lowest BCUT2D eigenvalue weighted by molar-refractivity contribution is -0.142. The molecule has 2 nitrogen and oxygen atoms in total. The van der Waals surface area contributed by atoms with Crippen molar-refractivity contribution >= 4 is 18.4 Å². The maximum Gasteiger partial charge on any atom is 0.306 e. The van der Waals surface area contributed by atoms with E-state index in [0.29, 0.717) is 5.92 Å². The number of carbonyl (C=O) groups is 1. The molecule has 1 saturated carbocycles. The van der Waals surface area contributed by atoms with Crippen LogP contribution in [0, 0.1) is 11.8 Å². The minimum Gasteiger partial charge on any atom is -0.481 e. The fourth-order valence-corrected chi connectivity index (χ4v) is 2.27. The summed E-state index contributed by atoms with van der Waals surface area (Å²) in [7, 11) is 0. The van der Waals surface area contributed by atoms with Gasteiger partial charge in [0.05, 0.1) is 5.92 Å². The number of carboxylic acid groups (broad SMARTS) is 1. The van der Waals surface area contributed by atoms with Crippen LogP contribution in [-0.4, -0.2) is 11.1 Å². The summed E-state index contributed by atoms with van der Waals surface area (Å²) in [6, 6.07) is 0. The third-order valence-electron chi connectivity index (χ3n) is 3.18. The standard InChI is InChI=1S/C11H20O2.ClH/c1-2-10(11(12)13)8-9-6-4-3-5-7-9;/h9-10H,2-8H2,1H3,(H,12,13);1H. The number of rotatable bonds is 4. The minimum atomic E-state index is -0.604. The predicted molar refractivity (Wildman–Crippen MR) is 59.9 cm³/mol. The first-order valence-corrected chi connectivity index (χ1v) is 5.46. The highest BCUT2D eigenvalue weighted by Gasteiger charge is 2.22. The molecule has 0 aromatic rings. The Balaban J connectivity index is 0.00000169. The maximum atomic E-state index is 10.8. The normalized spacial score (nSPS) is 19.8. The second-order valence-corrected chi connectivity index (χ2v) is 4.18. The van der Waals surface area contributed by atoms with Crippen molar-refractivity contribution in [3.63, 3.8) is 0 Å². The lowest BCUT2D eigenvalue weighted by Crippen LogP contribution is -2.18. The van der Waals surface area contributed by atoms with Gasteiger partial charge < -0.3 is 5.11 Å². The average Bonchev–Trinajstić information content (AvgIpc) is 2.15. The zero-order chi connectivity index (χ0) is 9.68. The van der Waals surface area contributed by atoms with Gasteiger partial charge in [-0.25, -0.2) is 0 Å². The zero-order valence-electron chi connectivity index (χ0n) is 8.87. The highest BCUT2D eigenvalue weighted by atomic mass is 35.5. The monoisotopic (exact) mass is 220 g/mol. The summed E-state index contributed by atoms with van der Waals surface area (Å²) in [5.74, 6) is -0.00836. The third kappa shape index (κ3) is 4.32. The van der Waals surface area contributed by atoms with Gasteiger partial charge in [0.15, 0.2) is 0 Å². The summed E-state index contributed by atoms with van der Waals surface area (Å²) in [5.41, 5.74) is 0. The quantitative estimate of drug-likeness (QED) is 0.788.